The number of nitrogens with zero attached hydrogens (tertiary/aromatic N) is 3. The van der Waals surface area contributed by atoms with E-state index in [1.807, 2.05) is 0 Å². The van der Waals surface area contributed by atoms with Gasteiger partial charge >= 0.3 is 6.18 Å². The number of aryl methyl sites for hydroxylation is 1. The minimum absolute atomic E-state index is 0.0841. The molecule has 3 rings (SSSR count). The van der Waals surface area contributed by atoms with Gasteiger partial charge in [0, 0.05) is 25.0 Å². The molecule has 26 heavy (non-hydrogen) atoms. The number of halogens is 3. The van der Waals surface area contributed by atoms with E-state index in [0.29, 0.717) is 5.75 Å². The number of alkyl halides is 3. The number of aromatic nitrogens is 2. The van der Waals surface area contributed by atoms with Crippen LogP contribution in [0.15, 0.2) is 35.3 Å². The van der Waals surface area contributed by atoms with Gasteiger partial charge in [0.05, 0.1) is 18.7 Å². The second kappa shape index (κ2) is 6.47. The average molecular weight is 367 g/mol. The minimum Gasteiger partial charge on any atom is -0.486 e. The fraction of sp³-hybridized carbons (Fsp3) is 0.353. The van der Waals surface area contributed by atoms with Crippen molar-refractivity contribution in [1.29, 1.82) is 0 Å². The lowest BCUT2D eigenvalue weighted by Crippen LogP contribution is -2.56. The van der Waals surface area contributed by atoms with Crippen LogP contribution in [0.3, 0.4) is 0 Å². The molecule has 0 aromatic carbocycles. The van der Waals surface area contributed by atoms with Gasteiger partial charge in [-0.05, 0) is 25.1 Å². The molecule has 1 saturated heterocycles. The first-order valence-electron chi connectivity index (χ1n) is 7.82. The first-order valence-corrected chi connectivity index (χ1v) is 7.82. The van der Waals surface area contributed by atoms with E-state index in [1.54, 1.807) is 20.0 Å². The van der Waals surface area contributed by atoms with Gasteiger partial charge in [-0.1, -0.05) is 0 Å². The zero-order chi connectivity index (χ0) is 19.1. The molecule has 138 valence electrons. The van der Waals surface area contributed by atoms with Gasteiger partial charge in [0.15, 0.2) is 0 Å². The van der Waals surface area contributed by atoms with Crippen LogP contribution in [0.25, 0.3) is 0 Å². The van der Waals surface area contributed by atoms with Crippen LogP contribution in [-0.4, -0.2) is 39.6 Å². The van der Waals surface area contributed by atoms with Crippen LogP contribution in [0.4, 0.5) is 13.2 Å². The van der Waals surface area contributed by atoms with Gasteiger partial charge in [-0.15, -0.1) is 0 Å². The topological polar surface area (TPSA) is 64.4 Å². The van der Waals surface area contributed by atoms with Gasteiger partial charge in [0.1, 0.15) is 17.5 Å². The molecular weight excluding hydrogens is 351 g/mol. The summed E-state index contributed by atoms with van der Waals surface area (Å²) in [6, 6.07) is 4.99. The second-order valence-electron chi connectivity index (χ2n) is 6.11. The molecule has 1 fully saturated rings. The normalized spacial score (nSPS) is 14.9. The summed E-state index contributed by atoms with van der Waals surface area (Å²) in [4.78, 5) is 28.7. The minimum atomic E-state index is -4.54. The maximum absolute atomic E-state index is 12.5. The van der Waals surface area contributed by atoms with Crippen LogP contribution < -0.4 is 10.3 Å². The Morgan fingerprint density at radius 2 is 1.96 bits per heavy atom. The summed E-state index contributed by atoms with van der Waals surface area (Å²) in [7, 11) is 1.66. The van der Waals surface area contributed by atoms with Gasteiger partial charge in [-0.2, -0.15) is 13.2 Å². The third-order valence-electron chi connectivity index (χ3n) is 4.22. The molecule has 1 amide bonds. The Balaban J connectivity index is 1.59. The van der Waals surface area contributed by atoms with Crippen molar-refractivity contribution >= 4 is 5.91 Å². The van der Waals surface area contributed by atoms with Crippen LogP contribution in [0, 0.1) is 6.92 Å². The van der Waals surface area contributed by atoms with Gasteiger partial charge < -0.3 is 14.2 Å². The fourth-order valence-corrected chi connectivity index (χ4v) is 2.55. The van der Waals surface area contributed by atoms with E-state index in [9.17, 15) is 22.8 Å². The number of ether oxygens (including phenoxy) is 1. The van der Waals surface area contributed by atoms with E-state index in [1.165, 1.54) is 15.5 Å². The zero-order valence-corrected chi connectivity index (χ0v) is 14.1. The third-order valence-corrected chi connectivity index (χ3v) is 4.22. The van der Waals surface area contributed by atoms with E-state index >= 15 is 0 Å². The molecule has 2 aromatic rings. The second-order valence-corrected chi connectivity index (χ2v) is 6.11. The number of hydrogen-bond acceptors (Lipinski definition) is 4. The van der Waals surface area contributed by atoms with Crippen LogP contribution in [-0.2, 0) is 13.2 Å². The van der Waals surface area contributed by atoms with Crippen molar-refractivity contribution in [3.63, 3.8) is 0 Å². The highest BCUT2D eigenvalue weighted by molar-refractivity contribution is 5.94. The Hall–Kier alpha value is -2.84. The van der Waals surface area contributed by atoms with E-state index in [2.05, 4.69) is 4.98 Å². The standard InChI is InChI=1S/C17H16F3N3O3/c1-10-5-12(6-15(24)22(10)2)26-13-8-23(9-13)16(25)11-3-4-14(21-7-11)17(18,19)20/h3-7,13H,8-9H2,1-2H3. The Kier molecular flexibility index (Phi) is 4.47. The molecule has 0 N–H and O–H groups in total. The molecule has 9 heteroatoms. The van der Waals surface area contributed by atoms with Crippen LogP contribution >= 0.6 is 0 Å². The quantitative estimate of drug-likeness (QED) is 0.833. The molecule has 0 saturated carbocycles. The fourth-order valence-electron chi connectivity index (χ4n) is 2.55. The Bertz CT molecular complexity index is 885. The smallest absolute Gasteiger partial charge is 0.433 e. The molecule has 0 radical (unpaired) electrons. The molecule has 2 aromatic heterocycles. The number of pyridine rings is 2. The van der Waals surface area contributed by atoms with Crippen LogP contribution in [0.1, 0.15) is 21.7 Å². The summed E-state index contributed by atoms with van der Waals surface area (Å²) in [6.45, 7) is 2.35. The highest BCUT2D eigenvalue weighted by atomic mass is 19.4. The van der Waals surface area contributed by atoms with Crippen LogP contribution in [0.5, 0.6) is 5.75 Å². The van der Waals surface area contributed by atoms with Crippen molar-refractivity contribution in [2.45, 2.75) is 19.2 Å². The number of hydrogen-bond donors (Lipinski definition) is 0. The highest BCUT2D eigenvalue weighted by Gasteiger charge is 2.35. The SMILES string of the molecule is Cc1cc(OC2CN(C(=O)c3ccc(C(F)(F)F)nc3)C2)cc(=O)n1C. The van der Waals surface area contributed by atoms with Crippen molar-refractivity contribution in [3.05, 3.63) is 57.8 Å². The summed E-state index contributed by atoms with van der Waals surface area (Å²) in [5.74, 6) is 0.0186. The zero-order valence-electron chi connectivity index (χ0n) is 14.1. The molecular formula is C17H16F3N3O3. The molecule has 1 aliphatic rings. The van der Waals surface area contributed by atoms with Gasteiger partial charge in [-0.25, -0.2) is 0 Å². The lowest BCUT2D eigenvalue weighted by atomic mass is 10.1. The molecule has 1 aliphatic heterocycles. The summed E-state index contributed by atoms with van der Waals surface area (Å²) >= 11 is 0. The van der Waals surface area contributed by atoms with E-state index in [0.717, 1.165) is 24.0 Å². The largest absolute Gasteiger partial charge is 0.486 e. The van der Waals surface area contributed by atoms with Crippen LogP contribution in [0.2, 0.25) is 0 Å². The summed E-state index contributed by atoms with van der Waals surface area (Å²) in [6.07, 6.45) is -3.89. The van der Waals surface area contributed by atoms with Gasteiger partial charge in [0.2, 0.25) is 0 Å². The van der Waals surface area contributed by atoms with Crippen molar-refractivity contribution < 1.29 is 22.7 Å². The predicted octanol–water partition coefficient (Wildman–Crippen LogP) is 2.01. The summed E-state index contributed by atoms with van der Waals surface area (Å²) in [5.41, 5.74) is -0.403. The molecule has 0 spiro atoms. The number of likely N-dealkylation sites (tertiary alicyclic amines) is 1. The Morgan fingerprint density at radius 3 is 2.50 bits per heavy atom. The van der Waals surface area contributed by atoms with Crippen molar-refractivity contribution in [3.8, 4) is 5.75 Å². The molecule has 6 nitrogen and oxygen atoms in total. The lowest BCUT2D eigenvalue weighted by Gasteiger charge is -2.39. The lowest BCUT2D eigenvalue weighted by molar-refractivity contribution is -0.141. The number of carbonyl (C=O) groups excluding carboxylic acids is 1. The number of rotatable bonds is 3. The molecule has 0 atom stereocenters. The summed E-state index contributed by atoms with van der Waals surface area (Å²) in [5, 5.41) is 0. The highest BCUT2D eigenvalue weighted by Crippen LogP contribution is 2.27. The molecule has 0 unspecified atom stereocenters. The van der Waals surface area contributed by atoms with E-state index in [-0.39, 0.29) is 30.3 Å². The van der Waals surface area contributed by atoms with Gasteiger partial charge in [0.25, 0.3) is 11.5 Å². The maximum atomic E-state index is 12.5. The Labute approximate surface area is 146 Å². The third kappa shape index (κ3) is 3.56. The molecule has 0 aliphatic carbocycles. The first kappa shape index (κ1) is 18.0. The molecule has 0 bridgehead atoms. The monoisotopic (exact) mass is 367 g/mol. The van der Waals surface area contributed by atoms with Crippen molar-refractivity contribution in [2.24, 2.45) is 7.05 Å². The predicted molar refractivity (Wildman–Crippen MR) is 86.0 cm³/mol. The van der Waals surface area contributed by atoms with Crippen molar-refractivity contribution in [1.82, 2.24) is 14.5 Å². The number of amides is 1. The summed E-state index contributed by atoms with van der Waals surface area (Å²) < 4.78 is 44.7. The first-order chi connectivity index (χ1) is 12.1. The van der Waals surface area contributed by atoms with Gasteiger partial charge in [-0.3, -0.25) is 14.6 Å². The van der Waals surface area contributed by atoms with E-state index in [4.69, 9.17) is 4.74 Å². The van der Waals surface area contributed by atoms with Crippen molar-refractivity contribution in [2.75, 3.05) is 13.1 Å². The van der Waals surface area contributed by atoms with E-state index < -0.39 is 17.8 Å². The average Bonchev–Trinajstić information content (AvgIpc) is 2.54. The Morgan fingerprint density at radius 1 is 1.27 bits per heavy atom. The molecule has 3 heterocycles. The number of carbonyl (C=O) groups is 1. The maximum Gasteiger partial charge on any atom is 0.433 e.